The first-order valence-corrected chi connectivity index (χ1v) is 8.86. The molecule has 23 heavy (non-hydrogen) atoms. The number of carbonyl (C=O) groups is 1. The molecule has 1 aliphatic rings. The standard InChI is InChI=1S/C14H17F3N2O3S/c1-23(21,22)19(8-7-13(20)18-11-5-6-11)12-4-2-3-10(9-12)14(15,16)17/h2-4,9,11H,5-8H2,1H3,(H,18,20). The summed E-state index contributed by atoms with van der Waals surface area (Å²) in [6.45, 7) is -0.210. The maximum absolute atomic E-state index is 12.8. The van der Waals surface area contributed by atoms with Crippen LogP contribution in [-0.4, -0.2) is 33.2 Å². The van der Waals surface area contributed by atoms with Crippen molar-refractivity contribution in [3.8, 4) is 0 Å². The number of anilines is 1. The topological polar surface area (TPSA) is 66.5 Å². The Bertz CT molecular complexity index is 685. The van der Waals surface area contributed by atoms with Crippen LogP contribution in [0.25, 0.3) is 0 Å². The van der Waals surface area contributed by atoms with E-state index in [2.05, 4.69) is 5.32 Å². The van der Waals surface area contributed by atoms with Crippen LogP contribution in [0, 0.1) is 0 Å². The zero-order valence-electron chi connectivity index (χ0n) is 12.4. The first-order valence-electron chi connectivity index (χ1n) is 7.02. The van der Waals surface area contributed by atoms with E-state index >= 15 is 0 Å². The average Bonchev–Trinajstić information content (AvgIpc) is 3.20. The Labute approximate surface area is 132 Å². The summed E-state index contributed by atoms with van der Waals surface area (Å²) in [5, 5.41) is 2.71. The van der Waals surface area contributed by atoms with E-state index < -0.39 is 21.8 Å². The number of nitrogens with one attached hydrogen (secondary N) is 1. The van der Waals surface area contributed by atoms with Gasteiger partial charge in [-0.3, -0.25) is 9.10 Å². The summed E-state index contributed by atoms with van der Waals surface area (Å²) in [5.74, 6) is -0.312. The number of hydrogen-bond donors (Lipinski definition) is 1. The molecule has 1 N–H and O–H groups in total. The van der Waals surface area contributed by atoms with Crippen molar-refractivity contribution in [3.63, 3.8) is 0 Å². The van der Waals surface area contributed by atoms with Gasteiger partial charge in [-0.2, -0.15) is 13.2 Å². The average molecular weight is 350 g/mol. The van der Waals surface area contributed by atoms with Gasteiger partial charge in [0.1, 0.15) is 0 Å². The van der Waals surface area contributed by atoms with Crippen molar-refractivity contribution in [2.45, 2.75) is 31.5 Å². The van der Waals surface area contributed by atoms with Gasteiger partial charge in [-0.25, -0.2) is 8.42 Å². The lowest BCUT2D eigenvalue weighted by molar-refractivity contribution is -0.137. The highest BCUT2D eigenvalue weighted by Gasteiger charge is 2.31. The molecule has 5 nitrogen and oxygen atoms in total. The smallest absolute Gasteiger partial charge is 0.353 e. The van der Waals surface area contributed by atoms with E-state index in [-0.39, 0.29) is 30.6 Å². The second kappa shape index (κ2) is 6.38. The van der Waals surface area contributed by atoms with Crippen LogP contribution in [-0.2, 0) is 21.0 Å². The molecule has 0 radical (unpaired) electrons. The Kier molecular flexibility index (Phi) is 4.88. The molecule has 1 fully saturated rings. The molecule has 0 saturated heterocycles. The third kappa shape index (κ3) is 5.12. The van der Waals surface area contributed by atoms with E-state index in [0.29, 0.717) is 0 Å². The zero-order chi connectivity index (χ0) is 17.3. The Hall–Kier alpha value is -1.77. The number of carbonyl (C=O) groups excluding carboxylic acids is 1. The fraction of sp³-hybridized carbons (Fsp3) is 0.500. The van der Waals surface area contributed by atoms with E-state index in [9.17, 15) is 26.4 Å². The maximum Gasteiger partial charge on any atom is 0.416 e. The molecule has 2 rings (SSSR count). The normalized spacial score (nSPS) is 15.3. The molecule has 0 heterocycles. The number of alkyl halides is 3. The van der Waals surface area contributed by atoms with Gasteiger partial charge in [0.05, 0.1) is 17.5 Å². The molecule has 128 valence electrons. The van der Waals surface area contributed by atoms with Crippen LogP contribution in [0.1, 0.15) is 24.8 Å². The van der Waals surface area contributed by atoms with Crippen molar-refractivity contribution in [1.82, 2.24) is 5.32 Å². The Morgan fingerprint density at radius 2 is 2.00 bits per heavy atom. The van der Waals surface area contributed by atoms with E-state index in [1.807, 2.05) is 0 Å². The van der Waals surface area contributed by atoms with Gasteiger partial charge < -0.3 is 5.32 Å². The highest BCUT2D eigenvalue weighted by molar-refractivity contribution is 7.92. The molecule has 0 spiro atoms. The van der Waals surface area contributed by atoms with Crippen LogP contribution in [0.5, 0.6) is 0 Å². The number of halogens is 3. The maximum atomic E-state index is 12.8. The molecule has 0 bridgehead atoms. The molecule has 9 heteroatoms. The summed E-state index contributed by atoms with van der Waals surface area (Å²) < 4.78 is 62.8. The minimum atomic E-state index is -4.57. The van der Waals surface area contributed by atoms with Crippen LogP contribution < -0.4 is 9.62 Å². The van der Waals surface area contributed by atoms with Crippen molar-refractivity contribution in [2.75, 3.05) is 17.1 Å². The van der Waals surface area contributed by atoms with Gasteiger partial charge in [-0.15, -0.1) is 0 Å². The molecule has 1 aromatic rings. The quantitative estimate of drug-likeness (QED) is 0.855. The Morgan fingerprint density at radius 1 is 1.35 bits per heavy atom. The van der Waals surface area contributed by atoms with Gasteiger partial charge in [0.25, 0.3) is 0 Å². The van der Waals surface area contributed by atoms with Crippen molar-refractivity contribution in [2.24, 2.45) is 0 Å². The number of sulfonamides is 1. The van der Waals surface area contributed by atoms with Gasteiger partial charge >= 0.3 is 6.18 Å². The monoisotopic (exact) mass is 350 g/mol. The summed E-state index contributed by atoms with van der Waals surface area (Å²) in [7, 11) is -3.80. The molecular formula is C14H17F3N2O3S. The van der Waals surface area contributed by atoms with Crippen LogP contribution in [0.3, 0.4) is 0 Å². The van der Waals surface area contributed by atoms with Crippen molar-refractivity contribution >= 4 is 21.6 Å². The first-order chi connectivity index (χ1) is 10.6. The van der Waals surface area contributed by atoms with Crippen LogP contribution in [0.4, 0.5) is 18.9 Å². The molecule has 0 atom stereocenters. The number of amides is 1. The van der Waals surface area contributed by atoms with Crippen LogP contribution >= 0.6 is 0 Å². The lowest BCUT2D eigenvalue weighted by Crippen LogP contribution is -2.35. The third-order valence-corrected chi connectivity index (χ3v) is 4.54. The SMILES string of the molecule is CS(=O)(=O)N(CCC(=O)NC1CC1)c1cccc(C(F)(F)F)c1. The van der Waals surface area contributed by atoms with Gasteiger partial charge in [0, 0.05) is 19.0 Å². The Balaban J connectivity index is 2.16. The molecule has 1 aromatic carbocycles. The van der Waals surface area contributed by atoms with Crippen molar-refractivity contribution < 1.29 is 26.4 Å². The van der Waals surface area contributed by atoms with Crippen molar-refractivity contribution in [1.29, 1.82) is 0 Å². The lowest BCUT2D eigenvalue weighted by atomic mass is 10.2. The van der Waals surface area contributed by atoms with Gasteiger partial charge in [0.15, 0.2) is 0 Å². The Morgan fingerprint density at radius 3 is 2.52 bits per heavy atom. The van der Waals surface area contributed by atoms with Crippen molar-refractivity contribution in [3.05, 3.63) is 29.8 Å². The van der Waals surface area contributed by atoms with E-state index in [4.69, 9.17) is 0 Å². The van der Waals surface area contributed by atoms with Crippen LogP contribution in [0.2, 0.25) is 0 Å². The second-order valence-electron chi connectivity index (χ2n) is 5.48. The first kappa shape index (κ1) is 17.6. The summed E-state index contributed by atoms with van der Waals surface area (Å²) in [6, 6.07) is 4.18. The fourth-order valence-corrected chi connectivity index (χ4v) is 2.97. The lowest BCUT2D eigenvalue weighted by Gasteiger charge is -2.23. The van der Waals surface area contributed by atoms with E-state index in [0.717, 1.165) is 41.6 Å². The van der Waals surface area contributed by atoms with E-state index in [1.165, 1.54) is 6.07 Å². The minimum absolute atomic E-state index is 0.110. The molecular weight excluding hydrogens is 333 g/mol. The summed E-state index contributed by atoms with van der Waals surface area (Å²) in [4.78, 5) is 11.7. The molecule has 1 saturated carbocycles. The van der Waals surface area contributed by atoms with Crippen LogP contribution in [0.15, 0.2) is 24.3 Å². The van der Waals surface area contributed by atoms with Gasteiger partial charge in [-0.05, 0) is 31.0 Å². The second-order valence-corrected chi connectivity index (χ2v) is 7.38. The number of nitrogens with zero attached hydrogens (tertiary/aromatic N) is 1. The highest BCUT2D eigenvalue weighted by atomic mass is 32.2. The zero-order valence-corrected chi connectivity index (χ0v) is 13.2. The minimum Gasteiger partial charge on any atom is -0.353 e. The number of benzene rings is 1. The summed E-state index contributed by atoms with van der Waals surface area (Å²) in [5.41, 5.74) is -1.05. The molecule has 1 amide bonds. The molecule has 0 unspecified atom stereocenters. The largest absolute Gasteiger partial charge is 0.416 e. The summed E-state index contributed by atoms with van der Waals surface area (Å²) >= 11 is 0. The molecule has 1 aliphatic carbocycles. The van der Waals surface area contributed by atoms with Gasteiger partial charge in [0.2, 0.25) is 15.9 Å². The van der Waals surface area contributed by atoms with E-state index in [1.54, 1.807) is 0 Å². The molecule has 0 aliphatic heterocycles. The van der Waals surface area contributed by atoms with Gasteiger partial charge in [-0.1, -0.05) is 6.07 Å². The molecule has 0 aromatic heterocycles. The third-order valence-electron chi connectivity index (χ3n) is 3.35. The fourth-order valence-electron chi connectivity index (χ4n) is 2.05. The highest BCUT2D eigenvalue weighted by Crippen LogP contribution is 2.32. The number of hydrogen-bond acceptors (Lipinski definition) is 3. The summed E-state index contributed by atoms with van der Waals surface area (Å²) in [6.07, 6.45) is -1.99. The predicted octanol–water partition coefficient (Wildman–Crippen LogP) is 2.14. The number of rotatable bonds is 6. The predicted molar refractivity (Wildman–Crippen MR) is 79.4 cm³/mol.